The van der Waals surface area contributed by atoms with Crippen molar-refractivity contribution in [2.45, 2.75) is 13.1 Å². The van der Waals surface area contributed by atoms with Crippen LogP contribution in [0.4, 0.5) is 5.13 Å². The fourth-order valence-electron chi connectivity index (χ4n) is 1.15. The summed E-state index contributed by atoms with van der Waals surface area (Å²) in [6.45, 7) is 1.30. The van der Waals surface area contributed by atoms with Crippen molar-refractivity contribution in [1.29, 1.82) is 0 Å². The van der Waals surface area contributed by atoms with Crippen LogP contribution in [0.15, 0.2) is 17.9 Å². The minimum atomic E-state index is 0.102. The molecule has 0 aromatic carbocycles. The summed E-state index contributed by atoms with van der Waals surface area (Å²) in [5.41, 5.74) is 2.73. The lowest BCUT2D eigenvalue weighted by atomic mass is 10.4. The second-order valence-electron chi connectivity index (χ2n) is 2.93. The Morgan fingerprint density at radius 1 is 1.53 bits per heavy atom. The molecule has 0 atom stereocenters. The predicted molar refractivity (Wildman–Crippen MR) is 56.5 cm³/mol. The zero-order chi connectivity index (χ0) is 10.5. The van der Waals surface area contributed by atoms with Crippen molar-refractivity contribution < 1.29 is 5.11 Å². The van der Waals surface area contributed by atoms with Crippen LogP contribution in [0.25, 0.3) is 0 Å². The number of hydrogen-bond donors (Lipinski definition) is 2. The molecule has 0 saturated heterocycles. The van der Waals surface area contributed by atoms with E-state index in [-0.39, 0.29) is 6.61 Å². The zero-order valence-corrected chi connectivity index (χ0v) is 8.81. The van der Waals surface area contributed by atoms with E-state index in [4.69, 9.17) is 5.11 Å². The molecule has 2 rings (SSSR count). The molecule has 0 radical (unpaired) electrons. The van der Waals surface area contributed by atoms with E-state index in [1.54, 1.807) is 16.4 Å². The Morgan fingerprint density at radius 3 is 3.20 bits per heavy atom. The molecule has 2 aromatic heterocycles. The molecule has 0 saturated carbocycles. The van der Waals surface area contributed by atoms with Gasteiger partial charge >= 0.3 is 0 Å². The van der Waals surface area contributed by atoms with Gasteiger partial charge in [-0.05, 0) is 0 Å². The van der Waals surface area contributed by atoms with Gasteiger partial charge in [0.25, 0.3) is 0 Å². The lowest BCUT2D eigenvalue weighted by Crippen LogP contribution is -2.02. The summed E-state index contributed by atoms with van der Waals surface area (Å²) >= 11 is 1.46. The average Bonchev–Trinajstić information content (AvgIpc) is 2.85. The number of rotatable bonds is 5. The molecule has 0 fully saturated rings. The monoisotopic (exact) mass is 225 g/mol. The minimum absolute atomic E-state index is 0.102. The van der Waals surface area contributed by atoms with Crippen molar-refractivity contribution in [3.8, 4) is 0 Å². The van der Waals surface area contributed by atoms with Crippen LogP contribution in [0.3, 0.4) is 0 Å². The summed E-state index contributed by atoms with van der Waals surface area (Å²) in [5, 5.41) is 24.3. The molecular weight excluding hydrogens is 214 g/mol. The van der Waals surface area contributed by atoms with Crippen molar-refractivity contribution in [1.82, 2.24) is 20.0 Å². The van der Waals surface area contributed by atoms with Crippen LogP contribution in [0, 0.1) is 0 Å². The first kappa shape index (κ1) is 10.1. The largest absolute Gasteiger partial charge is 0.394 e. The van der Waals surface area contributed by atoms with E-state index < -0.39 is 0 Å². The van der Waals surface area contributed by atoms with Crippen molar-refractivity contribution in [3.05, 3.63) is 23.5 Å². The highest BCUT2D eigenvalue weighted by molar-refractivity contribution is 7.13. The molecule has 80 valence electrons. The maximum Gasteiger partial charge on any atom is 0.205 e. The number of aliphatic hydroxyl groups excluding tert-OH is 1. The van der Waals surface area contributed by atoms with Gasteiger partial charge in [-0.15, -0.1) is 10.2 Å². The average molecular weight is 225 g/mol. The van der Waals surface area contributed by atoms with Gasteiger partial charge in [-0.1, -0.05) is 11.3 Å². The van der Waals surface area contributed by atoms with Crippen LogP contribution < -0.4 is 5.32 Å². The third-order valence-corrected chi connectivity index (χ3v) is 2.47. The molecule has 2 heterocycles. The van der Waals surface area contributed by atoms with Crippen molar-refractivity contribution in [3.63, 3.8) is 0 Å². The van der Waals surface area contributed by atoms with E-state index in [1.807, 2.05) is 6.20 Å². The SMILES string of the molecule is OCCn1cc(CNc2nncs2)cn1. The predicted octanol–water partition coefficient (Wildman–Crippen LogP) is 0.339. The second-order valence-corrected chi connectivity index (χ2v) is 3.77. The van der Waals surface area contributed by atoms with Gasteiger partial charge in [-0.25, -0.2) is 0 Å². The molecule has 7 heteroatoms. The molecule has 0 bridgehead atoms. The van der Waals surface area contributed by atoms with Crippen molar-refractivity contribution >= 4 is 16.5 Å². The smallest absolute Gasteiger partial charge is 0.205 e. The molecule has 2 aromatic rings. The van der Waals surface area contributed by atoms with E-state index in [1.165, 1.54) is 11.3 Å². The molecule has 0 aliphatic carbocycles. The molecule has 0 amide bonds. The highest BCUT2D eigenvalue weighted by Crippen LogP contribution is 2.09. The topological polar surface area (TPSA) is 75.9 Å². The highest BCUT2D eigenvalue weighted by Gasteiger charge is 1.99. The third kappa shape index (κ3) is 2.74. The van der Waals surface area contributed by atoms with Gasteiger partial charge in [0.2, 0.25) is 5.13 Å². The number of nitrogens with zero attached hydrogens (tertiary/aromatic N) is 4. The Hall–Kier alpha value is -1.47. The first-order valence-electron chi connectivity index (χ1n) is 4.50. The van der Waals surface area contributed by atoms with Crippen LogP contribution in [0.2, 0.25) is 0 Å². The number of aromatic nitrogens is 4. The van der Waals surface area contributed by atoms with Crippen LogP contribution >= 0.6 is 11.3 Å². The summed E-state index contributed by atoms with van der Waals surface area (Å²) in [5.74, 6) is 0. The zero-order valence-electron chi connectivity index (χ0n) is 8.00. The number of aliphatic hydroxyl groups is 1. The standard InChI is InChI=1S/C8H11N5OS/c14-2-1-13-5-7(4-11-13)3-9-8-12-10-6-15-8/h4-6,14H,1-3H2,(H,9,12). The molecular formula is C8H11N5OS. The maximum atomic E-state index is 8.72. The molecule has 0 aliphatic heterocycles. The summed E-state index contributed by atoms with van der Waals surface area (Å²) in [4.78, 5) is 0. The normalized spacial score (nSPS) is 10.5. The van der Waals surface area contributed by atoms with Gasteiger partial charge in [-0.2, -0.15) is 5.10 Å². The van der Waals surface area contributed by atoms with Gasteiger partial charge in [-0.3, -0.25) is 4.68 Å². The van der Waals surface area contributed by atoms with E-state index >= 15 is 0 Å². The fourth-order valence-corrected chi connectivity index (χ4v) is 1.59. The number of anilines is 1. The minimum Gasteiger partial charge on any atom is -0.394 e. The second kappa shape index (κ2) is 4.85. The van der Waals surface area contributed by atoms with E-state index in [2.05, 4.69) is 20.6 Å². The van der Waals surface area contributed by atoms with Crippen molar-refractivity contribution in [2.75, 3.05) is 11.9 Å². The quantitative estimate of drug-likeness (QED) is 0.767. The lowest BCUT2D eigenvalue weighted by Gasteiger charge is -1.98. The Kier molecular flexibility index (Phi) is 3.25. The van der Waals surface area contributed by atoms with Gasteiger partial charge in [0.1, 0.15) is 5.51 Å². The van der Waals surface area contributed by atoms with Crippen molar-refractivity contribution in [2.24, 2.45) is 0 Å². The van der Waals surface area contributed by atoms with Crippen LogP contribution in [-0.2, 0) is 13.1 Å². The van der Waals surface area contributed by atoms with E-state index in [0.717, 1.165) is 10.7 Å². The first-order valence-corrected chi connectivity index (χ1v) is 5.38. The third-order valence-electron chi connectivity index (χ3n) is 1.82. The van der Waals surface area contributed by atoms with E-state index in [0.29, 0.717) is 13.1 Å². The molecule has 15 heavy (non-hydrogen) atoms. The Labute approximate surface area is 90.6 Å². The van der Waals surface area contributed by atoms with Crippen LogP contribution in [0.1, 0.15) is 5.56 Å². The molecule has 0 unspecified atom stereocenters. The summed E-state index contributed by atoms with van der Waals surface area (Å²) in [6, 6.07) is 0. The molecule has 0 spiro atoms. The Bertz CT molecular complexity index is 399. The Balaban J connectivity index is 1.88. The van der Waals surface area contributed by atoms with Crippen LogP contribution in [0.5, 0.6) is 0 Å². The molecule has 2 N–H and O–H groups in total. The van der Waals surface area contributed by atoms with Crippen LogP contribution in [-0.4, -0.2) is 31.7 Å². The van der Waals surface area contributed by atoms with E-state index in [9.17, 15) is 0 Å². The summed E-state index contributed by atoms with van der Waals surface area (Å²) < 4.78 is 1.71. The molecule has 6 nitrogen and oxygen atoms in total. The van der Waals surface area contributed by atoms with Gasteiger partial charge in [0, 0.05) is 18.3 Å². The summed E-state index contributed by atoms with van der Waals surface area (Å²) in [7, 11) is 0. The highest BCUT2D eigenvalue weighted by atomic mass is 32.1. The maximum absolute atomic E-state index is 8.72. The van der Waals surface area contributed by atoms with Gasteiger partial charge < -0.3 is 10.4 Å². The van der Waals surface area contributed by atoms with Gasteiger partial charge in [0.15, 0.2) is 0 Å². The lowest BCUT2D eigenvalue weighted by molar-refractivity contribution is 0.269. The molecule has 0 aliphatic rings. The number of nitrogens with one attached hydrogen (secondary N) is 1. The summed E-state index contributed by atoms with van der Waals surface area (Å²) in [6.07, 6.45) is 3.66. The Morgan fingerprint density at radius 2 is 2.47 bits per heavy atom. The van der Waals surface area contributed by atoms with Gasteiger partial charge in [0.05, 0.1) is 19.3 Å². The number of hydrogen-bond acceptors (Lipinski definition) is 6. The fraction of sp³-hybridized carbons (Fsp3) is 0.375. The first-order chi connectivity index (χ1) is 7.38.